The number of carbonyl (C=O) groups excluding carboxylic acids is 1. The molecule has 100 valence electrons. The van der Waals surface area contributed by atoms with Gasteiger partial charge in [-0.1, -0.05) is 0 Å². The van der Waals surface area contributed by atoms with Crippen LogP contribution in [0.1, 0.15) is 16.3 Å². The Kier molecular flexibility index (Phi) is 3.82. The molecule has 0 fully saturated rings. The highest BCUT2D eigenvalue weighted by atomic mass is 19.1. The van der Waals surface area contributed by atoms with Gasteiger partial charge in [0, 0.05) is 6.07 Å². The van der Waals surface area contributed by atoms with E-state index in [2.05, 4.69) is 5.32 Å². The first-order valence-corrected chi connectivity index (χ1v) is 5.57. The van der Waals surface area contributed by atoms with E-state index in [4.69, 9.17) is 14.9 Å². The highest BCUT2D eigenvalue weighted by molar-refractivity contribution is 6.03. The summed E-state index contributed by atoms with van der Waals surface area (Å²) in [6.07, 6.45) is 0. The number of anilines is 1. The van der Waals surface area contributed by atoms with Crippen LogP contribution >= 0.6 is 0 Å². The minimum absolute atomic E-state index is 0.131. The lowest BCUT2D eigenvalue weighted by Gasteiger charge is -2.08. The Morgan fingerprint density at radius 2 is 2.21 bits per heavy atom. The van der Waals surface area contributed by atoms with E-state index in [1.807, 2.05) is 0 Å². The normalized spacial score (nSPS) is 10.3. The van der Waals surface area contributed by atoms with E-state index in [9.17, 15) is 9.18 Å². The van der Waals surface area contributed by atoms with Crippen LogP contribution in [-0.2, 0) is 6.54 Å². The molecular weight excluding hydrogens is 251 g/mol. The quantitative estimate of drug-likeness (QED) is 0.886. The number of carbonyl (C=O) groups is 1. The molecule has 6 heteroatoms. The van der Waals surface area contributed by atoms with Crippen molar-refractivity contribution in [2.75, 3.05) is 12.4 Å². The van der Waals surface area contributed by atoms with Crippen molar-refractivity contribution in [2.24, 2.45) is 5.73 Å². The van der Waals surface area contributed by atoms with Gasteiger partial charge in [-0.2, -0.15) is 0 Å². The summed E-state index contributed by atoms with van der Waals surface area (Å²) < 4.78 is 23.2. The van der Waals surface area contributed by atoms with Crippen LogP contribution < -0.4 is 15.8 Å². The van der Waals surface area contributed by atoms with E-state index in [1.54, 1.807) is 6.07 Å². The number of hydrogen-bond donors (Lipinski definition) is 2. The highest BCUT2D eigenvalue weighted by Crippen LogP contribution is 2.25. The van der Waals surface area contributed by atoms with Crippen LogP contribution in [0.25, 0.3) is 0 Å². The molecule has 0 atom stereocenters. The molecule has 5 nitrogen and oxygen atoms in total. The fraction of sp³-hybridized carbons (Fsp3) is 0.154. The summed E-state index contributed by atoms with van der Waals surface area (Å²) in [6, 6.07) is 6.97. The van der Waals surface area contributed by atoms with Gasteiger partial charge in [-0.05, 0) is 24.3 Å². The Bertz CT molecular complexity index is 595. The van der Waals surface area contributed by atoms with Gasteiger partial charge >= 0.3 is 0 Å². The molecule has 0 saturated carbocycles. The molecule has 1 heterocycles. The Morgan fingerprint density at radius 1 is 1.42 bits per heavy atom. The molecule has 0 bridgehead atoms. The molecule has 19 heavy (non-hydrogen) atoms. The zero-order valence-electron chi connectivity index (χ0n) is 10.3. The lowest BCUT2D eigenvalue weighted by atomic mass is 10.2. The van der Waals surface area contributed by atoms with Crippen LogP contribution in [0.2, 0.25) is 0 Å². The molecule has 1 amide bonds. The van der Waals surface area contributed by atoms with Crippen molar-refractivity contribution >= 4 is 11.6 Å². The van der Waals surface area contributed by atoms with Crippen molar-refractivity contribution in [1.82, 2.24) is 0 Å². The van der Waals surface area contributed by atoms with Crippen LogP contribution in [0, 0.1) is 5.82 Å². The molecule has 0 radical (unpaired) electrons. The van der Waals surface area contributed by atoms with E-state index in [-0.39, 0.29) is 18.1 Å². The number of ether oxygens (including phenoxy) is 1. The minimum Gasteiger partial charge on any atom is -0.494 e. The number of amides is 1. The van der Waals surface area contributed by atoms with Crippen LogP contribution in [-0.4, -0.2) is 13.0 Å². The SMILES string of the molecule is COc1cc(F)ccc1NC(=O)c1ccc(CN)o1. The molecule has 1 aromatic heterocycles. The van der Waals surface area contributed by atoms with Crippen LogP contribution in [0.5, 0.6) is 5.75 Å². The van der Waals surface area contributed by atoms with Gasteiger partial charge in [-0.15, -0.1) is 0 Å². The van der Waals surface area contributed by atoms with Crippen molar-refractivity contribution in [2.45, 2.75) is 6.54 Å². The Labute approximate surface area is 109 Å². The number of benzene rings is 1. The van der Waals surface area contributed by atoms with E-state index in [1.165, 1.54) is 31.4 Å². The summed E-state index contributed by atoms with van der Waals surface area (Å²) in [4.78, 5) is 11.9. The molecule has 3 N–H and O–H groups in total. The van der Waals surface area contributed by atoms with Crippen molar-refractivity contribution in [3.63, 3.8) is 0 Å². The molecule has 0 aliphatic rings. The van der Waals surface area contributed by atoms with Gasteiger partial charge in [0.15, 0.2) is 5.76 Å². The molecule has 0 spiro atoms. The van der Waals surface area contributed by atoms with Gasteiger partial charge in [-0.25, -0.2) is 4.39 Å². The second-order valence-corrected chi connectivity index (χ2v) is 3.77. The predicted octanol–water partition coefficient (Wildman–Crippen LogP) is 2.14. The van der Waals surface area contributed by atoms with Crippen LogP contribution in [0.4, 0.5) is 10.1 Å². The highest BCUT2D eigenvalue weighted by Gasteiger charge is 2.13. The lowest BCUT2D eigenvalue weighted by Crippen LogP contribution is -2.12. The first-order chi connectivity index (χ1) is 9.13. The minimum atomic E-state index is -0.454. The smallest absolute Gasteiger partial charge is 0.291 e. The largest absolute Gasteiger partial charge is 0.494 e. The summed E-state index contributed by atoms with van der Waals surface area (Å²) in [5.41, 5.74) is 5.75. The summed E-state index contributed by atoms with van der Waals surface area (Å²) >= 11 is 0. The molecule has 0 aliphatic heterocycles. The fourth-order valence-corrected chi connectivity index (χ4v) is 1.56. The van der Waals surface area contributed by atoms with E-state index >= 15 is 0 Å². The summed E-state index contributed by atoms with van der Waals surface area (Å²) in [5, 5.41) is 2.58. The molecular formula is C13H13FN2O3. The topological polar surface area (TPSA) is 77.5 Å². The number of rotatable bonds is 4. The second kappa shape index (κ2) is 5.53. The maximum Gasteiger partial charge on any atom is 0.291 e. The Morgan fingerprint density at radius 3 is 2.84 bits per heavy atom. The van der Waals surface area contributed by atoms with Gasteiger partial charge in [0.05, 0.1) is 19.3 Å². The molecule has 0 unspecified atom stereocenters. The number of halogens is 1. The monoisotopic (exact) mass is 264 g/mol. The van der Waals surface area contributed by atoms with Crippen LogP contribution in [0.15, 0.2) is 34.7 Å². The van der Waals surface area contributed by atoms with Gasteiger partial charge in [0.2, 0.25) is 0 Å². The zero-order valence-corrected chi connectivity index (χ0v) is 10.3. The Hall–Kier alpha value is -2.34. The maximum absolute atomic E-state index is 13.0. The molecule has 0 aliphatic carbocycles. The number of furan rings is 1. The molecule has 2 aromatic rings. The molecule has 0 saturated heterocycles. The van der Waals surface area contributed by atoms with E-state index < -0.39 is 11.7 Å². The maximum atomic E-state index is 13.0. The summed E-state index contributed by atoms with van der Waals surface area (Å²) in [5.74, 6) is -0.0233. The third kappa shape index (κ3) is 2.92. The standard InChI is InChI=1S/C13H13FN2O3/c1-18-12-6-8(14)2-4-10(12)16-13(17)11-5-3-9(7-15)19-11/h2-6H,7,15H2,1H3,(H,16,17). The number of nitrogens with one attached hydrogen (secondary N) is 1. The first kappa shape index (κ1) is 13.1. The Balaban J connectivity index is 2.18. The average molecular weight is 264 g/mol. The first-order valence-electron chi connectivity index (χ1n) is 5.57. The van der Waals surface area contributed by atoms with Crippen molar-refractivity contribution in [1.29, 1.82) is 0 Å². The van der Waals surface area contributed by atoms with Crippen LogP contribution in [0.3, 0.4) is 0 Å². The average Bonchev–Trinajstić information content (AvgIpc) is 2.89. The number of methoxy groups -OCH3 is 1. The van der Waals surface area contributed by atoms with Gasteiger partial charge in [0.1, 0.15) is 17.3 Å². The van der Waals surface area contributed by atoms with Crippen molar-refractivity contribution in [3.8, 4) is 5.75 Å². The third-order valence-corrected chi connectivity index (χ3v) is 2.50. The fourth-order valence-electron chi connectivity index (χ4n) is 1.56. The number of hydrogen-bond acceptors (Lipinski definition) is 4. The molecule has 1 aromatic carbocycles. The lowest BCUT2D eigenvalue weighted by molar-refractivity contribution is 0.0994. The summed E-state index contributed by atoms with van der Waals surface area (Å²) in [7, 11) is 1.39. The summed E-state index contributed by atoms with van der Waals surface area (Å²) in [6.45, 7) is 0.215. The van der Waals surface area contributed by atoms with Gasteiger partial charge in [0.25, 0.3) is 5.91 Å². The van der Waals surface area contributed by atoms with Gasteiger partial charge < -0.3 is 20.2 Å². The van der Waals surface area contributed by atoms with E-state index in [0.29, 0.717) is 11.4 Å². The second-order valence-electron chi connectivity index (χ2n) is 3.77. The van der Waals surface area contributed by atoms with Gasteiger partial charge in [-0.3, -0.25) is 4.79 Å². The zero-order chi connectivity index (χ0) is 13.8. The third-order valence-electron chi connectivity index (χ3n) is 2.50. The van der Waals surface area contributed by atoms with E-state index in [0.717, 1.165) is 0 Å². The number of nitrogens with two attached hydrogens (primary N) is 1. The van der Waals surface area contributed by atoms with Crippen molar-refractivity contribution < 1.29 is 18.3 Å². The predicted molar refractivity (Wildman–Crippen MR) is 67.5 cm³/mol. The molecule has 2 rings (SSSR count). The van der Waals surface area contributed by atoms with Crippen molar-refractivity contribution in [3.05, 3.63) is 47.7 Å².